The number of carbonyl (C=O) groups is 1. The van der Waals surface area contributed by atoms with Crippen molar-refractivity contribution in [3.8, 4) is 0 Å². The number of sulfonamides is 1. The Balaban J connectivity index is 1.63. The summed E-state index contributed by atoms with van der Waals surface area (Å²) >= 11 is 6.14. The Morgan fingerprint density at radius 2 is 1.72 bits per heavy atom. The summed E-state index contributed by atoms with van der Waals surface area (Å²) in [5, 5.41) is 3.25. The van der Waals surface area contributed by atoms with Crippen molar-refractivity contribution in [2.24, 2.45) is 0 Å². The average molecular weight is 436 g/mol. The third-order valence-corrected chi connectivity index (χ3v) is 6.53. The van der Waals surface area contributed by atoms with E-state index in [4.69, 9.17) is 11.6 Å². The topological polar surface area (TPSA) is 69.7 Å². The Kier molecular flexibility index (Phi) is 7.16. The maximum Gasteiger partial charge on any atom is 0.239 e. The predicted molar refractivity (Wildman–Crippen MR) is 118 cm³/mol. The van der Waals surface area contributed by atoms with Gasteiger partial charge in [0.25, 0.3) is 0 Å². The van der Waals surface area contributed by atoms with Gasteiger partial charge < -0.3 is 10.2 Å². The van der Waals surface area contributed by atoms with E-state index >= 15 is 0 Å². The molecule has 1 heterocycles. The summed E-state index contributed by atoms with van der Waals surface area (Å²) in [6.07, 6.45) is 4.76. The number of nitrogens with zero attached hydrogens (tertiary/aromatic N) is 2. The summed E-state index contributed by atoms with van der Waals surface area (Å²) in [4.78, 5) is 14.8. The predicted octanol–water partition coefficient (Wildman–Crippen LogP) is 3.73. The van der Waals surface area contributed by atoms with Gasteiger partial charge in [0.05, 0.1) is 12.8 Å². The van der Waals surface area contributed by atoms with Crippen LogP contribution < -0.4 is 10.2 Å². The van der Waals surface area contributed by atoms with Gasteiger partial charge in [0, 0.05) is 36.0 Å². The van der Waals surface area contributed by atoms with Gasteiger partial charge in [0.1, 0.15) is 0 Å². The van der Waals surface area contributed by atoms with Crippen LogP contribution in [-0.4, -0.2) is 44.5 Å². The third kappa shape index (κ3) is 6.19. The van der Waals surface area contributed by atoms with E-state index < -0.39 is 15.9 Å². The summed E-state index contributed by atoms with van der Waals surface area (Å²) in [6, 6.07) is 14.7. The van der Waals surface area contributed by atoms with Gasteiger partial charge in [-0.05, 0) is 55.2 Å². The van der Waals surface area contributed by atoms with Crippen LogP contribution in [-0.2, 0) is 21.4 Å². The highest BCUT2D eigenvalue weighted by Crippen LogP contribution is 2.22. The van der Waals surface area contributed by atoms with Crippen molar-refractivity contribution in [3.63, 3.8) is 0 Å². The molecule has 1 fully saturated rings. The Bertz CT molecular complexity index is 942. The molecule has 2 aromatic rings. The number of hydrogen-bond acceptors (Lipinski definition) is 4. The summed E-state index contributed by atoms with van der Waals surface area (Å²) in [5.74, 6) is -0.395. The quantitative estimate of drug-likeness (QED) is 0.719. The fourth-order valence-electron chi connectivity index (χ4n) is 3.38. The molecule has 1 aliphatic rings. The highest BCUT2D eigenvalue weighted by atomic mass is 35.5. The summed E-state index contributed by atoms with van der Waals surface area (Å²) in [7, 11) is -3.58. The van der Waals surface area contributed by atoms with Crippen molar-refractivity contribution in [1.82, 2.24) is 4.31 Å². The molecule has 0 atom stereocenters. The van der Waals surface area contributed by atoms with Gasteiger partial charge in [-0.3, -0.25) is 4.79 Å². The van der Waals surface area contributed by atoms with Crippen LogP contribution in [0.2, 0.25) is 5.02 Å². The third-order valence-electron chi connectivity index (χ3n) is 4.97. The highest BCUT2D eigenvalue weighted by Gasteiger charge is 2.21. The molecule has 1 N–H and O–H groups in total. The van der Waals surface area contributed by atoms with Crippen molar-refractivity contribution in [2.75, 3.05) is 36.1 Å². The first kappa shape index (κ1) is 21.6. The fourth-order valence-corrected chi connectivity index (χ4v) is 4.30. The van der Waals surface area contributed by atoms with Crippen molar-refractivity contribution in [2.45, 2.75) is 25.8 Å². The molecule has 0 radical (unpaired) electrons. The zero-order valence-corrected chi connectivity index (χ0v) is 18.0. The molecule has 1 amide bonds. The number of piperidine rings is 1. The minimum Gasteiger partial charge on any atom is -0.372 e. The van der Waals surface area contributed by atoms with E-state index in [0.29, 0.717) is 16.3 Å². The van der Waals surface area contributed by atoms with Gasteiger partial charge in [-0.15, -0.1) is 0 Å². The van der Waals surface area contributed by atoms with Gasteiger partial charge in [-0.2, -0.15) is 4.31 Å². The monoisotopic (exact) mass is 435 g/mol. The molecule has 0 bridgehead atoms. The van der Waals surface area contributed by atoms with Crippen LogP contribution in [0.4, 0.5) is 11.4 Å². The lowest BCUT2D eigenvalue weighted by Gasteiger charge is -2.28. The van der Waals surface area contributed by atoms with E-state index in [1.54, 1.807) is 24.3 Å². The van der Waals surface area contributed by atoms with Crippen LogP contribution >= 0.6 is 11.6 Å². The van der Waals surface area contributed by atoms with Crippen LogP contribution in [0.15, 0.2) is 48.5 Å². The first-order valence-electron chi connectivity index (χ1n) is 9.66. The molecule has 3 rings (SSSR count). The molecule has 1 saturated heterocycles. The van der Waals surface area contributed by atoms with E-state index in [2.05, 4.69) is 10.2 Å². The Morgan fingerprint density at radius 3 is 2.34 bits per heavy atom. The molecule has 0 saturated carbocycles. The van der Waals surface area contributed by atoms with Gasteiger partial charge in [0.15, 0.2) is 0 Å². The van der Waals surface area contributed by atoms with Gasteiger partial charge in [-0.1, -0.05) is 29.8 Å². The van der Waals surface area contributed by atoms with Crippen molar-refractivity contribution in [3.05, 3.63) is 59.1 Å². The van der Waals surface area contributed by atoms with Crippen molar-refractivity contribution >= 4 is 38.9 Å². The molecule has 0 aliphatic carbocycles. The molecule has 8 heteroatoms. The van der Waals surface area contributed by atoms with E-state index in [0.717, 1.165) is 29.3 Å². The number of benzene rings is 2. The first-order valence-corrected chi connectivity index (χ1v) is 11.9. The minimum atomic E-state index is -3.58. The Hall–Kier alpha value is -2.09. The molecule has 29 heavy (non-hydrogen) atoms. The Morgan fingerprint density at radius 1 is 1.07 bits per heavy atom. The van der Waals surface area contributed by atoms with E-state index in [1.807, 2.05) is 24.3 Å². The number of amides is 1. The second-order valence-corrected chi connectivity index (χ2v) is 9.65. The molecule has 0 spiro atoms. The second kappa shape index (κ2) is 9.61. The summed E-state index contributed by atoms with van der Waals surface area (Å²) in [6.45, 7) is 1.87. The van der Waals surface area contributed by atoms with Gasteiger partial charge >= 0.3 is 0 Å². The average Bonchev–Trinajstić information content (AvgIpc) is 2.69. The van der Waals surface area contributed by atoms with E-state index in [9.17, 15) is 13.2 Å². The lowest BCUT2D eigenvalue weighted by molar-refractivity contribution is -0.116. The summed E-state index contributed by atoms with van der Waals surface area (Å²) < 4.78 is 25.4. The maximum atomic E-state index is 12.5. The highest BCUT2D eigenvalue weighted by molar-refractivity contribution is 7.88. The number of rotatable bonds is 7. The van der Waals surface area contributed by atoms with Gasteiger partial charge in [-0.25, -0.2) is 8.42 Å². The molecule has 1 aliphatic heterocycles. The zero-order chi connectivity index (χ0) is 20.9. The first-order chi connectivity index (χ1) is 13.8. The zero-order valence-electron chi connectivity index (χ0n) is 16.5. The minimum absolute atomic E-state index is 0.0415. The molecule has 2 aromatic carbocycles. The van der Waals surface area contributed by atoms with Crippen LogP contribution in [0.5, 0.6) is 0 Å². The lowest BCUT2D eigenvalue weighted by atomic mass is 10.1. The second-order valence-electron chi connectivity index (χ2n) is 7.27. The molecule has 0 aromatic heterocycles. The van der Waals surface area contributed by atoms with Crippen LogP contribution in [0.25, 0.3) is 0 Å². The van der Waals surface area contributed by atoms with Crippen molar-refractivity contribution < 1.29 is 13.2 Å². The van der Waals surface area contributed by atoms with E-state index in [-0.39, 0.29) is 13.1 Å². The standard InChI is InChI=1S/C21H26ClN3O3S/c1-29(27,28)25(15-17-7-3-4-8-20(17)22)16-21(26)23-18-9-11-19(12-10-18)24-13-5-2-6-14-24/h3-4,7-12H,2,5-6,13-16H2,1H3,(H,23,26). The number of halogens is 1. The fraction of sp³-hybridized carbons (Fsp3) is 0.381. The number of hydrogen-bond donors (Lipinski definition) is 1. The maximum absolute atomic E-state index is 12.5. The van der Waals surface area contributed by atoms with E-state index in [1.165, 1.54) is 19.3 Å². The smallest absolute Gasteiger partial charge is 0.239 e. The van der Waals surface area contributed by atoms with Crippen molar-refractivity contribution in [1.29, 1.82) is 0 Å². The number of carbonyl (C=O) groups excluding carboxylic acids is 1. The van der Waals surface area contributed by atoms with Crippen LogP contribution in [0.3, 0.4) is 0 Å². The largest absolute Gasteiger partial charge is 0.372 e. The molecule has 6 nitrogen and oxygen atoms in total. The SMILES string of the molecule is CS(=O)(=O)N(CC(=O)Nc1ccc(N2CCCCC2)cc1)Cc1ccccc1Cl. The summed E-state index contributed by atoms with van der Waals surface area (Å²) in [5.41, 5.74) is 2.43. The van der Waals surface area contributed by atoms with Crippen LogP contribution in [0, 0.1) is 0 Å². The molecule has 156 valence electrons. The van der Waals surface area contributed by atoms with Gasteiger partial charge in [0.2, 0.25) is 15.9 Å². The normalized spacial score (nSPS) is 14.8. The number of nitrogens with one attached hydrogen (secondary N) is 1. The Labute approximate surface area is 177 Å². The lowest BCUT2D eigenvalue weighted by Crippen LogP contribution is -2.37. The molecular weight excluding hydrogens is 410 g/mol. The molecule has 0 unspecified atom stereocenters. The molecular formula is C21H26ClN3O3S. The van der Waals surface area contributed by atoms with Crippen LogP contribution in [0.1, 0.15) is 24.8 Å². The number of anilines is 2.